The first-order valence-electron chi connectivity index (χ1n) is 10.8. The number of para-hydroxylation sites is 1. The third-order valence-corrected chi connectivity index (χ3v) is 6.70. The van der Waals surface area contributed by atoms with E-state index in [9.17, 15) is 9.59 Å². The molecule has 31 heavy (non-hydrogen) atoms. The Morgan fingerprint density at radius 3 is 2.29 bits per heavy atom. The number of aromatic nitrogens is 2. The molecule has 2 aliphatic heterocycles. The Kier molecular flexibility index (Phi) is 4.88. The van der Waals surface area contributed by atoms with Crippen molar-refractivity contribution in [3.63, 3.8) is 0 Å². The molecule has 5 rings (SSSR count). The van der Waals surface area contributed by atoms with Crippen molar-refractivity contribution in [2.45, 2.75) is 26.2 Å². The molecule has 4 heterocycles. The molecule has 1 spiro atoms. The van der Waals surface area contributed by atoms with E-state index in [4.69, 9.17) is 4.52 Å². The zero-order valence-electron chi connectivity index (χ0n) is 17.7. The van der Waals surface area contributed by atoms with Crippen molar-refractivity contribution in [2.24, 2.45) is 5.41 Å². The second-order valence-electron chi connectivity index (χ2n) is 8.70. The molecule has 0 bridgehead atoms. The third-order valence-electron chi connectivity index (χ3n) is 6.70. The van der Waals surface area contributed by atoms with Gasteiger partial charge in [-0.25, -0.2) is 0 Å². The number of nitrogens with zero attached hydrogens (tertiary/aromatic N) is 4. The highest BCUT2D eigenvalue weighted by Gasteiger charge is 2.43. The highest BCUT2D eigenvalue weighted by Crippen LogP contribution is 2.41. The van der Waals surface area contributed by atoms with E-state index in [1.165, 1.54) is 0 Å². The number of piperidine rings is 1. The molecular weight excluding hydrogens is 392 g/mol. The van der Waals surface area contributed by atoms with Crippen molar-refractivity contribution in [3.05, 3.63) is 71.9 Å². The van der Waals surface area contributed by atoms with Crippen LogP contribution in [0.15, 0.2) is 59.4 Å². The lowest BCUT2D eigenvalue weighted by Gasteiger charge is -2.39. The van der Waals surface area contributed by atoms with Crippen molar-refractivity contribution >= 4 is 11.8 Å². The van der Waals surface area contributed by atoms with Gasteiger partial charge in [0.25, 0.3) is 11.8 Å². The van der Waals surface area contributed by atoms with Crippen LogP contribution >= 0.6 is 0 Å². The highest BCUT2D eigenvalue weighted by molar-refractivity contribution is 5.98. The van der Waals surface area contributed by atoms with Crippen molar-refractivity contribution in [1.82, 2.24) is 19.5 Å². The highest BCUT2D eigenvalue weighted by atomic mass is 16.5. The lowest BCUT2D eigenvalue weighted by molar-refractivity contribution is 0.0563. The summed E-state index contributed by atoms with van der Waals surface area (Å²) in [5, 5.41) is 3.87. The molecule has 7 nitrogen and oxygen atoms in total. The standard InChI is InChI=1S/C24H26N4O3/c1-18-16-20(25-31-18)23(30)28-15-10-24(17-28)8-13-27(14-9-24)22(29)19-6-2-3-7-21(19)26-11-4-5-12-26/h2-7,11-12,16H,8-10,13-15,17H2,1H3. The summed E-state index contributed by atoms with van der Waals surface area (Å²) in [7, 11) is 0. The van der Waals surface area contributed by atoms with Gasteiger partial charge in [-0.05, 0) is 55.9 Å². The number of carbonyl (C=O) groups is 2. The molecule has 2 amide bonds. The fourth-order valence-electron chi connectivity index (χ4n) is 4.88. The molecule has 7 heteroatoms. The van der Waals surface area contributed by atoms with Gasteiger partial charge in [-0.15, -0.1) is 0 Å². The van der Waals surface area contributed by atoms with Crippen LogP contribution in [0, 0.1) is 12.3 Å². The molecule has 3 aromatic rings. The van der Waals surface area contributed by atoms with Crippen LogP contribution in [0.2, 0.25) is 0 Å². The summed E-state index contributed by atoms with van der Waals surface area (Å²) in [6, 6.07) is 13.4. The van der Waals surface area contributed by atoms with Crippen molar-refractivity contribution in [1.29, 1.82) is 0 Å². The molecule has 2 aromatic heterocycles. The molecule has 0 N–H and O–H groups in total. The van der Waals surface area contributed by atoms with Crippen LogP contribution in [0.25, 0.3) is 5.69 Å². The lowest BCUT2D eigenvalue weighted by atomic mass is 9.77. The predicted octanol–water partition coefficient (Wildman–Crippen LogP) is 3.54. The van der Waals surface area contributed by atoms with E-state index in [0.29, 0.717) is 24.5 Å². The minimum Gasteiger partial charge on any atom is -0.361 e. The number of benzene rings is 1. The van der Waals surface area contributed by atoms with E-state index in [-0.39, 0.29) is 17.2 Å². The van der Waals surface area contributed by atoms with Crippen LogP contribution in [-0.4, -0.2) is 57.5 Å². The SMILES string of the molecule is Cc1cc(C(=O)N2CCC3(CCN(C(=O)c4ccccc4-n4cccc4)CC3)C2)no1. The molecule has 2 aliphatic rings. The summed E-state index contributed by atoms with van der Waals surface area (Å²) in [5.74, 6) is 0.653. The molecule has 2 saturated heterocycles. The van der Waals surface area contributed by atoms with Crippen molar-refractivity contribution < 1.29 is 14.1 Å². The van der Waals surface area contributed by atoms with Gasteiger partial charge >= 0.3 is 0 Å². The number of aryl methyl sites for hydroxylation is 1. The van der Waals surface area contributed by atoms with Gasteiger partial charge in [-0.2, -0.15) is 0 Å². The molecule has 0 aliphatic carbocycles. The Hall–Kier alpha value is -3.35. The summed E-state index contributed by atoms with van der Waals surface area (Å²) >= 11 is 0. The van der Waals surface area contributed by atoms with E-state index in [2.05, 4.69) is 5.16 Å². The van der Waals surface area contributed by atoms with Crippen LogP contribution in [0.1, 0.15) is 45.9 Å². The molecule has 0 radical (unpaired) electrons. The third kappa shape index (κ3) is 3.65. The van der Waals surface area contributed by atoms with Crippen LogP contribution in [0.5, 0.6) is 0 Å². The van der Waals surface area contributed by atoms with E-state index in [0.717, 1.165) is 43.6 Å². The number of likely N-dealkylation sites (tertiary alicyclic amines) is 2. The lowest BCUT2D eigenvalue weighted by Crippen LogP contribution is -2.45. The summed E-state index contributed by atoms with van der Waals surface area (Å²) in [5.41, 5.74) is 2.09. The van der Waals surface area contributed by atoms with Gasteiger partial charge in [0, 0.05) is 44.6 Å². The number of rotatable bonds is 3. The zero-order valence-corrected chi connectivity index (χ0v) is 17.7. The van der Waals surface area contributed by atoms with Crippen LogP contribution in [0.3, 0.4) is 0 Å². The Labute approximate surface area is 181 Å². The fourth-order valence-corrected chi connectivity index (χ4v) is 4.88. The number of amides is 2. The predicted molar refractivity (Wildman–Crippen MR) is 115 cm³/mol. The summed E-state index contributed by atoms with van der Waals surface area (Å²) in [6.07, 6.45) is 6.70. The maximum atomic E-state index is 13.3. The second kappa shape index (κ2) is 7.72. The summed E-state index contributed by atoms with van der Waals surface area (Å²) in [4.78, 5) is 29.9. The van der Waals surface area contributed by atoms with Crippen LogP contribution in [-0.2, 0) is 0 Å². The maximum Gasteiger partial charge on any atom is 0.276 e. The monoisotopic (exact) mass is 418 g/mol. The average molecular weight is 418 g/mol. The van der Waals surface area contributed by atoms with E-state index >= 15 is 0 Å². The Morgan fingerprint density at radius 1 is 0.935 bits per heavy atom. The van der Waals surface area contributed by atoms with E-state index < -0.39 is 0 Å². The average Bonchev–Trinajstić information content (AvgIpc) is 3.55. The van der Waals surface area contributed by atoms with Gasteiger partial charge in [0.1, 0.15) is 5.76 Å². The first-order valence-corrected chi connectivity index (χ1v) is 10.8. The molecule has 0 atom stereocenters. The smallest absolute Gasteiger partial charge is 0.276 e. The van der Waals surface area contributed by atoms with Crippen molar-refractivity contribution in [3.8, 4) is 5.69 Å². The zero-order chi connectivity index (χ0) is 21.4. The van der Waals surface area contributed by atoms with E-state index in [1.54, 1.807) is 13.0 Å². The molecule has 0 unspecified atom stereocenters. The Balaban J connectivity index is 1.25. The molecule has 0 saturated carbocycles. The minimum absolute atomic E-state index is 0.0621. The number of hydrogen-bond donors (Lipinski definition) is 0. The molecule has 160 valence electrons. The quantitative estimate of drug-likeness (QED) is 0.652. The van der Waals surface area contributed by atoms with Crippen molar-refractivity contribution in [2.75, 3.05) is 26.2 Å². The van der Waals surface area contributed by atoms with Crippen LogP contribution in [0.4, 0.5) is 0 Å². The van der Waals surface area contributed by atoms with Gasteiger partial charge < -0.3 is 18.9 Å². The van der Waals surface area contributed by atoms with E-state index in [1.807, 2.05) is 63.2 Å². The number of hydrogen-bond acceptors (Lipinski definition) is 4. The van der Waals surface area contributed by atoms with Gasteiger partial charge in [0.15, 0.2) is 5.69 Å². The van der Waals surface area contributed by atoms with Crippen LogP contribution < -0.4 is 0 Å². The fraction of sp³-hybridized carbons (Fsp3) is 0.375. The Morgan fingerprint density at radius 2 is 1.61 bits per heavy atom. The van der Waals surface area contributed by atoms with Gasteiger partial charge in [0.2, 0.25) is 0 Å². The minimum atomic E-state index is -0.0621. The molecule has 1 aromatic carbocycles. The summed E-state index contributed by atoms with van der Waals surface area (Å²) in [6.45, 7) is 4.67. The van der Waals surface area contributed by atoms with Gasteiger partial charge in [0.05, 0.1) is 11.3 Å². The molecular formula is C24H26N4O3. The Bertz CT molecular complexity index is 1090. The second-order valence-corrected chi connectivity index (χ2v) is 8.70. The maximum absolute atomic E-state index is 13.3. The van der Waals surface area contributed by atoms with Gasteiger partial charge in [-0.3, -0.25) is 9.59 Å². The van der Waals surface area contributed by atoms with Gasteiger partial charge in [-0.1, -0.05) is 17.3 Å². The normalized spacial score (nSPS) is 18.0. The number of carbonyl (C=O) groups excluding carboxylic acids is 2. The summed E-state index contributed by atoms with van der Waals surface area (Å²) < 4.78 is 7.03. The molecule has 2 fully saturated rings. The first-order chi connectivity index (χ1) is 15.0. The first kappa shape index (κ1) is 19.6. The largest absolute Gasteiger partial charge is 0.361 e. The topological polar surface area (TPSA) is 71.6 Å².